The van der Waals surface area contributed by atoms with Gasteiger partial charge in [0.2, 0.25) is 0 Å². The molecule has 0 saturated heterocycles. The van der Waals surface area contributed by atoms with E-state index in [1.807, 2.05) is 0 Å². The van der Waals surface area contributed by atoms with E-state index in [0.29, 0.717) is 6.07 Å². The fourth-order valence-corrected chi connectivity index (χ4v) is 1.76. The van der Waals surface area contributed by atoms with Crippen LogP contribution < -0.4 is 0 Å². The van der Waals surface area contributed by atoms with Crippen LogP contribution in [0.4, 0.5) is 17.6 Å². The van der Waals surface area contributed by atoms with Gasteiger partial charge in [0.1, 0.15) is 17.7 Å². The van der Waals surface area contributed by atoms with Crippen molar-refractivity contribution < 1.29 is 22.7 Å². The van der Waals surface area contributed by atoms with E-state index in [-0.39, 0.29) is 11.1 Å². The molecule has 19 heavy (non-hydrogen) atoms. The Hall–Kier alpha value is -1.88. The van der Waals surface area contributed by atoms with Crippen LogP contribution in [0.25, 0.3) is 0 Å². The van der Waals surface area contributed by atoms with E-state index in [4.69, 9.17) is 0 Å². The first kappa shape index (κ1) is 13.5. The highest BCUT2D eigenvalue weighted by atomic mass is 19.2. The summed E-state index contributed by atoms with van der Waals surface area (Å²) in [6.07, 6.45) is -1.70. The molecule has 0 aliphatic carbocycles. The molecule has 0 fully saturated rings. The van der Waals surface area contributed by atoms with Crippen LogP contribution in [0.1, 0.15) is 22.8 Å². The van der Waals surface area contributed by atoms with Crippen LogP contribution in [0.2, 0.25) is 0 Å². The Labute approximate surface area is 107 Å². The molecule has 0 bridgehead atoms. The molecule has 5 heteroatoms. The van der Waals surface area contributed by atoms with E-state index >= 15 is 0 Å². The highest BCUT2D eigenvalue weighted by molar-refractivity contribution is 5.34. The SMILES string of the molecule is Cc1ccc(C(O)c2ccc(F)cc2F)c(F)c1F. The monoisotopic (exact) mass is 270 g/mol. The smallest absolute Gasteiger partial charge is 0.165 e. The molecule has 1 atom stereocenters. The molecule has 0 amide bonds. The summed E-state index contributed by atoms with van der Waals surface area (Å²) in [4.78, 5) is 0. The number of hydrogen-bond acceptors (Lipinski definition) is 1. The summed E-state index contributed by atoms with van der Waals surface area (Å²) >= 11 is 0. The van der Waals surface area contributed by atoms with Gasteiger partial charge in [-0.2, -0.15) is 0 Å². The fraction of sp³-hybridized carbons (Fsp3) is 0.143. The van der Waals surface area contributed by atoms with E-state index in [2.05, 4.69) is 0 Å². The van der Waals surface area contributed by atoms with Crippen molar-refractivity contribution >= 4 is 0 Å². The molecule has 0 aliphatic heterocycles. The minimum absolute atomic E-state index is 0.0769. The van der Waals surface area contributed by atoms with Gasteiger partial charge in [0.25, 0.3) is 0 Å². The Morgan fingerprint density at radius 2 is 1.53 bits per heavy atom. The summed E-state index contributed by atoms with van der Waals surface area (Å²) in [5.74, 6) is -4.17. The van der Waals surface area contributed by atoms with E-state index in [1.54, 1.807) is 0 Å². The van der Waals surface area contributed by atoms with E-state index in [1.165, 1.54) is 19.1 Å². The lowest BCUT2D eigenvalue weighted by atomic mass is 9.99. The van der Waals surface area contributed by atoms with E-state index in [0.717, 1.165) is 12.1 Å². The van der Waals surface area contributed by atoms with Gasteiger partial charge in [-0.15, -0.1) is 0 Å². The lowest BCUT2D eigenvalue weighted by Gasteiger charge is -2.14. The molecule has 0 spiro atoms. The van der Waals surface area contributed by atoms with Crippen LogP contribution in [0.3, 0.4) is 0 Å². The number of halogens is 4. The predicted octanol–water partition coefficient (Wildman–Crippen LogP) is 3.63. The second kappa shape index (κ2) is 5.01. The van der Waals surface area contributed by atoms with Crippen LogP contribution in [0.15, 0.2) is 30.3 Å². The van der Waals surface area contributed by atoms with Crippen LogP contribution in [0.5, 0.6) is 0 Å². The van der Waals surface area contributed by atoms with Gasteiger partial charge in [0.15, 0.2) is 11.6 Å². The van der Waals surface area contributed by atoms with Crippen molar-refractivity contribution in [2.75, 3.05) is 0 Å². The Morgan fingerprint density at radius 1 is 0.895 bits per heavy atom. The van der Waals surface area contributed by atoms with Gasteiger partial charge in [-0.3, -0.25) is 0 Å². The van der Waals surface area contributed by atoms with Crippen molar-refractivity contribution in [2.45, 2.75) is 13.0 Å². The zero-order valence-corrected chi connectivity index (χ0v) is 9.92. The molecule has 0 saturated carbocycles. The average molecular weight is 270 g/mol. The molecule has 2 rings (SSSR count). The van der Waals surface area contributed by atoms with Crippen molar-refractivity contribution in [1.29, 1.82) is 0 Å². The number of benzene rings is 2. The topological polar surface area (TPSA) is 20.2 Å². The zero-order valence-electron chi connectivity index (χ0n) is 9.92. The Kier molecular flexibility index (Phi) is 3.57. The summed E-state index contributed by atoms with van der Waals surface area (Å²) in [6, 6.07) is 4.94. The van der Waals surface area contributed by atoms with Crippen LogP contribution in [-0.2, 0) is 0 Å². The van der Waals surface area contributed by atoms with Gasteiger partial charge in [-0.05, 0) is 18.6 Å². The average Bonchev–Trinajstić information content (AvgIpc) is 2.35. The first-order valence-electron chi connectivity index (χ1n) is 5.49. The zero-order chi connectivity index (χ0) is 14.2. The molecule has 2 aromatic carbocycles. The second-order valence-corrected chi connectivity index (χ2v) is 4.17. The number of aryl methyl sites for hydroxylation is 1. The molecule has 0 aromatic heterocycles. The van der Waals surface area contributed by atoms with Crippen LogP contribution >= 0.6 is 0 Å². The van der Waals surface area contributed by atoms with Crippen molar-refractivity contribution in [3.63, 3.8) is 0 Å². The molecule has 1 nitrogen and oxygen atoms in total. The Balaban J connectivity index is 2.50. The highest BCUT2D eigenvalue weighted by Gasteiger charge is 2.21. The van der Waals surface area contributed by atoms with E-state index < -0.39 is 34.9 Å². The minimum atomic E-state index is -1.70. The predicted molar refractivity (Wildman–Crippen MR) is 61.5 cm³/mol. The Bertz CT molecular complexity index is 625. The highest BCUT2D eigenvalue weighted by Crippen LogP contribution is 2.28. The third kappa shape index (κ3) is 2.46. The van der Waals surface area contributed by atoms with Crippen LogP contribution in [0, 0.1) is 30.2 Å². The molecule has 2 aromatic rings. The summed E-state index contributed by atoms with van der Waals surface area (Å²) in [7, 11) is 0. The van der Waals surface area contributed by atoms with Gasteiger partial charge in [0, 0.05) is 17.2 Å². The Morgan fingerprint density at radius 3 is 2.16 bits per heavy atom. The maximum atomic E-state index is 13.7. The molecule has 100 valence electrons. The lowest BCUT2D eigenvalue weighted by molar-refractivity contribution is 0.208. The first-order chi connectivity index (χ1) is 8.91. The van der Waals surface area contributed by atoms with Gasteiger partial charge < -0.3 is 5.11 Å². The van der Waals surface area contributed by atoms with Crippen molar-refractivity contribution in [2.24, 2.45) is 0 Å². The molecule has 0 radical (unpaired) electrons. The number of aliphatic hydroxyl groups excluding tert-OH is 1. The molecular weight excluding hydrogens is 260 g/mol. The second-order valence-electron chi connectivity index (χ2n) is 4.17. The number of rotatable bonds is 2. The largest absolute Gasteiger partial charge is 0.383 e. The molecule has 0 heterocycles. The third-order valence-corrected chi connectivity index (χ3v) is 2.86. The third-order valence-electron chi connectivity index (χ3n) is 2.86. The summed E-state index contributed by atoms with van der Waals surface area (Å²) < 4.78 is 53.3. The molecular formula is C14H10F4O. The molecule has 1 N–H and O–H groups in total. The van der Waals surface area contributed by atoms with Crippen molar-refractivity contribution in [3.8, 4) is 0 Å². The van der Waals surface area contributed by atoms with Crippen molar-refractivity contribution in [1.82, 2.24) is 0 Å². The molecule has 0 aliphatic rings. The lowest BCUT2D eigenvalue weighted by Crippen LogP contribution is -2.07. The summed E-state index contributed by atoms with van der Waals surface area (Å²) in [6.45, 7) is 1.37. The molecule has 1 unspecified atom stereocenters. The standard InChI is InChI=1S/C14H10F4O/c1-7-2-4-10(13(18)12(7)17)14(19)9-5-3-8(15)6-11(9)16/h2-6,14,19H,1H3. The summed E-state index contributed by atoms with van der Waals surface area (Å²) in [5.41, 5.74) is -0.634. The first-order valence-corrected chi connectivity index (χ1v) is 5.49. The maximum Gasteiger partial charge on any atom is 0.165 e. The van der Waals surface area contributed by atoms with Gasteiger partial charge in [0.05, 0.1) is 0 Å². The van der Waals surface area contributed by atoms with Crippen molar-refractivity contribution in [3.05, 3.63) is 70.3 Å². The quantitative estimate of drug-likeness (QED) is 0.826. The minimum Gasteiger partial charge on any atom is -0.383 e. The van der Waals surface area contributed by atoms with Gasteiger partial charge in [-0.1, -0.05) is 18.2 Å². The fourth-order valence-electron chi connectivity index (χ4n) is 1.76. The van der Waals surface area contributed by atoms with Gasteiger partial charge in [-0.25, -0.2) is 17.6 Å². The normalized spacial score (nSPS) is 12.5. The summed E-state index contributed by atoms with van der Waals surface area (Å²) in [5, 5.41) is 9.89. The van der Waals surface area contributed by atoms with Gasteiger partial charge >= 0.3 is 0 Å². The van der Waals surface area contributed by atoms with E-state index in [9.17, 15) is 22.7 Å². The number of hydrogen-bond donors (Lipinski definition) is 1. The van der Waals surface area contributed by atoms with Crippen LogP contribution in [-0.4, -0.2) is 5.11 Å². The maximum absolute atomic E-state index is 13.7. The number of aliphatic hydroxyl groups is 1.